The number of carbonyl (C=O) groups is 1. The molecular formula is C27H28O7S. The molecule has 0 heterocycles. The van der Waals surface area contributed by atoms with Crippen LogP contribution in [0.4, 0.5) is 0 Å². The predicted octanol–water partition coefficient (Wildman–Crippen LogP) is 4.86. The van der Waals surface area contributed by atoms with Crippen LogP contribution in [-0.2, 0) is 38.2 Å². The molecule has 0 amide bonds. The van der Waals surface area contributed by atoms with Crippen LogP contribution in [0.3, 0.4) is 0 Å². The first kappa shape index (κ1) is 25.8. The Kier molecular flexibility index (Phi) is 8.54. The molecule has 0 bridgehead atoms. The lowest BCUT2D eigenvalue weighted by Gasteiger charge is -2.09. The zero-order valence-corrected chi connectivity index (χ0v) is 20.4. The van der Waals surface area contributed by atoms with Gasteiger partial charge in [-0.1, -0.05) is 54.1 Å². The van der Waals surface area contributed by atoms with E-state index in [1.165, 1.54) is 19.3 Å². The van der Waals surface area contributed by atoms with E-state index in [9.17, 15) is 18.3 Å². The largest absolute Gasteiger partial charge is 0.508 e. The van der Waals surface area contributed by atoms with Gasteiger partial charge < -0.3 is 19.1 Å². The number of hydrogen-bond acceptors (Lipinski definition) is 6. The summed E-state index contributed by atoms with van der Waals surface area (Å²) >= 11 is 0. The van der Waals surface area contributed by atoms with Crippen LogP contribution in [0.5, 0.6) is 11.5 Å². The molecule has 0 aliphatic rings. The van der Waals surface area contributed by atoms with Crippen molar-refractivity contribution in [3.8, 4) is 11.5 Å². The maximum absolute atomic E-state index is 12.4. The van der Waals surface area contributed by atoms with Crippen LogP contribution < -0.4 is 4.18 Å². The maximum Gasteiger partial charge on any atom is 0.371 e. The number of phenols is 1. The third kappa shape index (κ3) is 7.89. The van der Waals surface area contributed by atoms with E-state index in [0.717, 1.165) is 29.5 Å². The highest BCUT2D eigenvalue weighted by Crippen LogP contribution is 2.23. The van der Waals surface area contributed by atoms with E-state index in [1.807, 2.05) is 37.3 Å². The molecule has 0 aliphatic carbocycles. The van der Waals surface area contributed by atoms with Gasteiger partial charge in [0.15, 0.2) is 0 Å². The molecule has 35 heavy (non-hydrogen) atoms. The Morgan fingerprint density at radius 2 is 1.71 bits per heavy atom. The standard InChI is InChI=1S/C27H28O7S/c1-19-5-3-7-22(15-19)18-35(31,32)34-24-13-10-20(11-14-24)6-4-8-23-12-9-21(16-25(23)28)17-26(33-2)27(29)30/h3,5,7,9-17,28H,4,6,8,18H2,1-2H3,(H,29,30)/b26-17-. The minimum absolute atomic E-state index is 0.0853. The molecule has 2 N–H and O–H groups in total. The normalized spacial score (nSPS) is 11.8. The first-order valence-electron chi connectivity index (χ1n) is 11.0. The van der Waals surface area contributed by atoms with Gasteiger partial charge in [0.25, 0.3) is 0 Å². The lowest BCUT2D eigenvalue weighted by molar-refractivity contribution is -0.135. The van der Waals surface area contributed by atoms with Crippen molar-refractivity contribution in [1.29, 1.82) is 0 Å². The van der Waals surface area contributed by atoms with Crippen molar-refractivity contribution in [2.24, 2.45) is 0 Å². The number of aromatic hydroxyl groups is 1. The quantitative estimate of drug-likeness (QED) is 0.222. The molecule has 184 valence electrons. The molecule has 0 saturated carbocycles. The molecule has 7 nitrogen and oxygen atoms in total. The summed E-state index contributed by atoms with van der Waals surface area (Å²) in [6, 6.07) is 19.2. The number of rotatable bonds is 11. The zero-order valence-electron chi connectivity index (χ0n) is 19.6. The summed E-state index contributed by atoms with van der Waals surface area (Å²) < 4.78 is 34.8. The molecule has 0 saturated heterocycles. The average molecular weight is 497 g/mol. The third-order valence-electron chi connectivity index (χ3n) is 5.32. The van der Waals surface area contributed by atoms with Gasteiger partial charge in [-0.25, -0.2) is 4.79 Å². The predicted molar refractivity (Wildman–Crippen MR) is 134 cm³/mol. The summed E-state index contributed by atoms with van der Waals surface area (Å²) in [6.45, 7) is 1.91. The van der Waals surface area contributed by atoms with E-state index in [-0.39, 0.29) is 23.0 Å². The number of hydrogen-bond donors (Lipinski definition) is 2. The Labute approximate surface area is 205 Å². The van der Waals surface area contributed by atoms with Gasteiger partial charge in [-0.05, 0) is 72.7 Å². The number of aliphatic carboxylic acids is 1. The molecule has 0 unspecified atom stereocenters. The van der Waals surface area contributed by atoms with Gasteiger partial charge >= 0.3 is 16.1 Å². The number of ether oxygens (including phenoxy) is 1. The van der Waals surface area contributed by atoms with Gasteiger partial charge in [0.2, 0.25) is 5.76 Å². The van der Waals surface area contributed by atoms with Crippen LogP contribution in [-0.4, -0.2) is 31.7 Å². The van der Waals surface area contributed by atoms with Gasteiger partial charge in [-0.3, -0.25) is 0 Å². The van der Waals surface area contributed by atoms with Gasteiger partial charge in [0.1, 0.15) is 17.3 Å². The third-order valence-corrected chi connectivity index (χ3v) is 6.46. The molecule has 0 aromatic heterocycles. The summed E-state index contributed by atoms with van der Waals surface area (Å²) in [6.07, 6.45) is 3.45. The first-order valence-corrected chi connectivity index (χ1v) is 12.6. The highest BCUT2D eigenvalue weighted by atomic mass is 32.2. The fourth-order valence-electron chi connectivity index (χ4n) is 3.62. The zero-order chi connectivity index (χ0) is 25.4. The van der Waals surface area contributed by atoms with Gasteiger partial charge in [-0.15, -0.1) is 0 Å². The number of phenolic OH excluding ortho intramolecular Hbond substituents is 1. The fraction of sp³-hybridized carbons (Fsp3) is 0.222. The molecule has 0 atom stereocenters. The number of methoxy groups -OCH3 is 1. The van der Waals surface area contributed by atoms with Crippen LogP contribution in [0, 0.1) is 6.92 Å². The van der Waals surface area contributed by atoms with Gasteiger partial charge in [0, 0.05) is 0 Å². The molecule has 0 spiro atoms. The highest BCUT2D eigenvalue weighted by Gasteiger charge is 2.14. The van der Waals surface area contributed by atoms with Gasteiger partial charge in [-0.2, -0.15) is 8.42 Å². The monoisotopic (exact) mass is 496 g/mol. The van der Waals surface area contributed by atoms with Crippen LogP contribution >= 0.6 is 0 Å². The summed E-state index contributed by atoms with van der Waals surface area (Å²) in [7, 11) is -2.49. The second kappa shape index (κ2) is 11.6. The average Bonchev–Trinajstić information content (AvgIpc) is 2.79. The Hall–Kier alpha value is -3.78. The van der Waals surface area contributed by atoms with Crippen LogP contribution in [0.15, 0.2) is 72.5 Å². The van der Waals surface area contributed by atoms with Crippen molar-refractivity contribution in [1.82, 2.24) is 0 Å². The SMILES string of the molecule is CO/C(=C\c1ccc(CCCc2ccc(OS(=O)(=O)Cc3cccc(C)c3)cc2)c(O)c1)C(=O)O. The van der Waals surface area contributed by atoms with E-state index in [1.54, 1.807) is 30.3 Å². The lowest BCUT2D eigenvalue weighted by Crippen LogP contribution is -2.12. The fourth-order valence-corrected chi connectivity index (χ4v) is 4.67. The van der Waals surface area contributed by atoms with E-state index < -0.39 is 16.1 Å². The molecule has 0 fully saturated rings. The van der Waals surface area contributed by atoms with Crippen molar-refractivity contribution in [3.63, 3.8) is 0 Å². The Bertz CT molecular complexity index is 1310. The Morgan fingerprint density at radius 1 is 0.971 bits per heavy atom. The van der Waals surface area contributed by atoms with Crippen molar-refractivity contribution < 1.29 is 32.3 Å². The summed E-state index contributed by atoms with van der Waals surface area (Å²) in [5.41, 5.74) is 3.95. The summed E-state index contributed by atoms with van der Waals surface area (Å²) in [5, 5.41) is 19.3. The molecule has 3 rings (SSSR count). The van der Waals surface area contributed by atoms with Gasteiger partial charge in [0.05, 0.1) is 7.11 Å². The second-order valence-corrected chi connectivity index (χ2v) is 9.75. The van der Waals surface area contributed by atoms with Crippen LogP contribution in [0.25, 0.3) is 6.08 Å². The summed E-state index contributed by atoms with van der Waals surface area (Å²) in [5.74, 6) is -1.25. The first-order chi connectivity index (χ1) is 16.6. The number of benzene rings is 3. The molecule has 3 aromatic carbocycles. The van der Waals surface area contributed by atoms with E-state index in [4.69, 9.17) is 14.0 Å². The highest BCUT2D eigenvalue weighted by molar-refractivity contribution is 7.86. The lowest BCUT2D eigenvalue weighted by atomic mass is 10.0. The molecular weight excluding hydrogens is 468 g/mol. The molecule has 0 radical (unpaired) electrons. The topological polar surface area (TPSA) is 110 Å². The van der Waals surface area contributed by atoms with E-state index in [2.05, 4.69) is 0 Å². The second-order valence-electron chi connectivity index (χ2n) is 8.18. The van der Waals surface area contributed by atoms with Crippen LogP contribution in [0.1, 0.15) is 34.2 Å². The van der Waals surface area contributed by atoms with Crippen molar-refractivity contribution in [2.75, 3.05) is 7.11 Å². The van der Waals surface area contributed by atoms with Crippen molar-refractivity contribution in [3.05, 3.63) is 100 Å². The number of aryl methyl sites for hydroxylation is 3. The van der Waals surface area contributed by atoms with Crippen molar-refractivity contribution in [2.45, 2.75) is 31.9 Å². The molecule has 8 heteroatoms. The van der Waals surface area contributed by atoms with Crippen molar-refractivity contribution >= 4 is 22.2 Å². The summed E-state index contributed by atoms with van der Waals surface area (Å²) in [4.78, 5) is 11.0. The number of carboxylic acid groups (broad SMARTS) is 1. The number of carboxylic acids is 1. The van der Waals surface area contributed by atoms with E-state index >= 15 is 0 Å². The maximum atomic E-state index is 12.4. The minimum atomic E-state index is -3.77. The molecule has 3 aromatic rings. The Morgan fingerprint density at radius 3 is 2.34 bits per heavy atom. The smallest absolute Gasteiger partial charge is 0.371 e. The van der Waals surface area contributed by atoms with E-state index in [0.29, 0.717) is 17.5 Å². The minimum Gasteiger partial charge on any atom is -0.508 e. The van der Waals surface area contributed by atoms with Crippen LogP contribution in [0.2, 0.25) is 0 Å². The Balaban J connectivity index is 1.54. The molecule has 0 aliphatic heterocycles.